The van der Waals surface area contributed by atoms with E-state index in [9.17, 15) is 0 Å². The highest BCUT2D eigenvalue weighted by Crippen LogP contribution is 2.25. The molecule has 7 heteroatoms. The van der Waals surface area contributed by atoms with Crippen LogP contribution in [0.4, 0.5) is 11.9 Å². The van der Waals surface area contributed by atoms with E-state index in [1.54, 1.807) is 0 Å². The molecule has 2 atom stereocenters. The Balaban J connectivity index is 2.18. The van der Waals surface area contributed by atoms with Crippen LogP contribution in [0.1, 0.15) is 37.3 Å². The molecule has 118 valence electrons. The number of hydrogen-bond acceptors (Lipinski definition) is 6. The summed E-state index contributed by atoms with van der Waals surface area (Å²) in [6.07, 6.45) is 0. The highest BCUT2D eigenvalue weighted by Gasteiger charge is 2.17. The average Bonchev–Trinajstić information content (AvgIpc) is 2.46. The van der Waals surface area contributed by atoms with Gasteiger partial charge in [0.15, 0.2) is 5.82 Å². The minimum Gasteiger partial charge on any atom is -0.368 e. The van der Waals surface area contributed by atoms with Crippen molar-refractivity contribution in [3.63, 3.8) is 0 Å². The van der Waals surface area contributed by atoms with Crippen LogP contribution in [0.25, 0.3) is 0 Å². The van der Waals surface area contributed by atoms with Gasteiger partial charge in [0.25, 0.3) is 0 Å². The summed E-state index contributed by atoms with van der Waals surface area (Å²) in [5.74, 6) is 1.43. The number of aromatic nitrogens is 3. The zero-order chi connectivity index (χ0) is 16.3. The molecule has 2 rings (SSSR count). The van der Waals surface area contributed by atoms with Gasteiger partial charge in [-0.2, -0.15) is 15.0 Å². The Kier molecular flexibility index (Phi) is 5.31. The van der Waals surface area contributed by atoms with E-state index in [0.29, 0.717) is 11.8 Å². The van der Waals surface area contributed by atoms with Gasteiger partial charge in [-0.05, 0) is 25.5 Å². The number of anilines is 2. The Bertz CT molecular complexity index is 646. The summed E-state index contributed by atoms with van der Waals surface area (Å²) in [5, 5.41) is 3.49. The van der Waals surface area contributed by atoms with Crippen LogP contribution in [0.3, 0.4) is 0 Å². The lowest BCUT2D eigenvalue weighted by atomic mass is 10.1. The maximum Gasteiger partial charge on any atom is 0.229 e. The maximum atomic E-state index is 5.78. The molecule has 3 N–H and O–H groups in total. The van der Waals surface area contributed by atoms with Gasteiger partial charge in [0, 0.05) is 24.6 Å². The zero-order valence-electron chi connectivity index (χ0n) is 13.2. The monoisotopic (exact) mass is 364 g/mol. The van der Waals surface area contributed by atoms with Gasteiger partial charge in [-0.25, -0.2) is 0 Å². The van der Waals surface area contributed by atoms with Crippen molar-refractivity contribution < 1.29 is 0 Å². The van der Waals surface area contributed by atoms with Gasteiger partial charge in [0.2, 0.25) is 11.9 Å². The molecule has 0 amide bonds. The topological polar surface area (TPSA) is 80.0 Å². The lowest BCUT2D eigenvalue weighted by Crippen LogP contribution is -2.26. The van der Waals surface area contributed by atoms with Crippen molar-refractivity contribution in [1.82, 2.24) is 20.3 Å². The lowest BCUT2D eigenvalue weighted by molar-refractivity contribution is 0.474. The molecule has 2 unspecified atom stereocenters. The molecule has 0 aliphatic rings. The van der Waals surface area contributed by atoms with E-state index in [0.717, 1.165) is 4.47 Å². The van der Waals surface area contributed by atoms with E-state index in [1.807, 2.05) is 44.1 Å². The minimum absolute atomic E-state index is 0.0499. The van der Waals surface area contributed by atoms with Crippen molar-refractivity contribution in [3.05, 3.63) is 40.1 Å². The van der Waals surface area contributed by atoms with E-state index in [4.69, 9.17) is 5.73 Å². The van der Waals surface area contributed by atoms with E-state index >= 15 is 0 Å². The molecular formula is C15H21BrN6. The van der Waals surface area contributed by atoms with Gasteiger partial charge in [0.05, 0.1) is 6.04 Å². The SMILES string of the molecule is CC(NC(C)c1ccccc1Br)c1nc(N)nc(N(C)C)n1. The molecule has 0 fully saturated rings. The van der Waals surface area contributed by atoms with Crippen LogP contribution in [-0.4, -0.2) is 29.0 Å². The standard InChI is InChI=1S/C15H21BrN6/c1-9(11-7-5-6-8-12(11)16)18-10(2)13-19-14(17)21-15(20-13)22(3)4/h5-10,18H,1-4H3,(H2,17,19,20,21). The molecule has 6 nitrogen and oxygen atoms in total. The number of nitrogens with zero attached hydrogens (tertiary/aromatic N) is 4. The van der Waals surface area contributed by atoms with Crippen molar-refractivity contribution in [2.45, 2.75) is 25.9 Å². The number of halogens is 1. The van der Waals surface area contributed by atoms with Crippen molar-refractivity contribution in [2.24, 2.45) is 0 Å². The summed E-state index contributed by atoms with van der Waals surface area (Å²) in [7, 11) is 3.75. The Labute approximate surface area is 139 Å². The molecule has 0 saturated carbocycles. The third-order valence-corrected chi connectivity index (χ3v) is 4.04. The first-order valence-electron chi connectivity index (χ1n) is 7.07. The Morgan fingerprint density at radius 3 is 2.41 bits per heavy atom. The predicted octanol–water partition coefficient (Wildman–Crippen LogP) is 2.69. The highest BCUT2D eigenvalue weighted by molar-refractivity contribution is 9.10. The highest BCUT2D eigenvalue weighted by atomic mass is 79.9. The predicted molar refractivity (Wildman–Crippen MR) is 92.7 cm³/mol. The lowest BCUT2D eigenvalue weighted by Gasteiger charge is -2.21. The first-order chi connectivity index (χ1) is 10.4. The van der Waals surface area contributed by atoms with E-state index in [-0.39, 0.29) is 18.0 Å². The second-order valence-electron chi connectivity index (χ2n) is 5.38. The number of nitrogens with one attached hydrogen (secondary N) is 1. The smallest absolute Gasteiger partial charge is 0.229 e. The second kappa shape index (κ2) is 7.02. The average molecular weight is 365 g/mol. The van der Waals surface area contributed by atoms with Gasteiger partial charge < -0.3 is 16.0 Å². The molecule has 0 radical (unpaired) electrons. The summed E-state index contributed by atoms with van der Waals surface area (Å²) < 4.78 is 1.08. The van der Waals surface area contributed by atoms with E-state index < -0.39 is 0 Å². The zero-order valence-corrected chi connectivity index (χ0v) is 14.8. The van der Waals surface area contributed by atoms with E-state index in [2.05, 4.69) is 49.2 Å². The number of nitrogen functional groups attached to an aromatic ring is 1. The quantitative estimate of drug-likeness (QED) is 0.848. The van der Waals surface area contributed by atoms with Crippen LogP contribution < -0.4 is 16.0 Å². The number of benzene rings is 1. The van der Waals surface area contributed by atoms with Gasteiger partial charge >= 0.3 is 0 Å². The molecule has 22 heavy (non-hydrogen) atoms. The molecule has 1 aromatic carbocycles. The van der Waals surface area contributed by atoms with Crippen molar-refractivity contribution in [3.8, 4) is 0 Å². The molecule has 0 saturated heterocycles. The molecule has 2 aromatic rings. The fraction of sp³-hybridized carbons (Fsp3) is 0.400. The normalized spacial score (nSPS) is 13.7. The molecule has 0 bridgehead atoms. The molecule has 1 aromatic heterocycles. The third kappa shape index (κ3) is 3.92. The molecule has 1 heterocycles. The largest absolute Gasteiger partial charge is 0.368 e. The van der Waals surface area contributed by atoms with Crippen molar-refractivity contribution in [2.75, 3.05) is 24.7 Å². The second-order valence-corrected chi connectivity index (χ2v) is 6.23. The molecule has 0 spiro atoms. The third-order valence-electron chi connectivity index (χ3n) is 3.32. The van der Waals surface area contributed by atoms with Gasteiger partial charge in [-0.3, -0.25) is 0 Å². The maximum absolute atomic E-state index is 5.78. The van der Waals surface area contributed by atoms with Crippen LogP contribution >= 0.6 is 15.9 Å². The summed E-state index contributed by atoms with van der Waals surface area (Å²) in [4.78, 5) is 14.6. The first-order valence-corrected chi connectivity index (χ1v) is 7.87. The van der Waals surface area contributed by atoms with Crippen LogP contribution in [0.2, 0.25) is 0 Å². The Hall–Kier alpha value is -1.73. The molecular weight excluding hydrogens is 344 g/mol. The van der Waals surface area contributed by atoms with Gasteiger partial charge in [0.1, 0.15) is 0 Å². The summed E-state index contributed by atoms with van der Waals surface area (Å²) >= 11 is 3.58. The van der Waals surface area contributed by atoms with Crippen LogP contribution in [0.15, 0.2) is 28.7 Å². The van der Waals surface area contributed by atoms with Crippen molar-refractivity contribution >= 4 is 27.8 Å². The number of hydrogen-bond donors (Lipinski definition) is 2. The van der Waals surface area contributed by atoms with Gasteiger partial charge in [-0.1, -0.05) is 34.1 Å². The fourth-order valence-corrected chi connectivity index (χ4v) is 2.78. The molecule has 0 aliphatic carbocycles. The van der Waals surface area contributed by atoms with Gasteiger partial charge in [-0.15, -0.1) is 0 Å². The van der Waals surface area contributed by atoms with Crippen LogP contribution in [-0.2, 0) is 0 Å². The van der Waals surface area contributed by atoms with Crippen LogP contribution in [0.5, 0.6) is 0 Å². The van der Waals surface area contributed by atoms with Crippen LogP contribution in [0, 0.1) is 0 Å². The summed E-state index contributed by atoms with van der Waals surface area (Å²) in [6, 6.07) is 8.23. The first kappa shape index (κ1) is 16.6. The summed E-state index contributed by atoms with van der Waals surface area (Å²) in [5.41, 5.74) is 6.96. The number of rotatable bonds is 5. The minimum atomic E-state index is -0.0499. The Morgan fingerprint density at radius 1 is 1.09 bits per heavy atom. The van der Waals surface area contributed by atoms with Crippen molar-refractivity contribution in [1.29, 1.82) is 0 Å². The Morgan fingerprint density at radius 2 is 1.77 bits per heavy atom. The molecule has 0 aliphatic heterocycles. The fourth-order valence-electron chi connectivity index (χ4n) is 2.16. The number of nitrogens with two attached hydrogens (primary N) is 1. The summed E-state index contributed by atoms with van der Waals surface area (Å²) in [6.45, 7) is 4.12. The van der Waals surface area contributed by atoms with E-state index in [1.165, 1.54) is 5.56 Å².